The third kappa shape index (κ3) is 6.36. The Morgan fingerprint density at radius 1 is 1.28 bits per heavy atom. The predicted octanol–water partition coefficient (Wildman–Crippen LogP) is 1.83. The van der Waals surface area contributed by atoms with E-state index in [1.54, 1.807) is 7.11 Å². The van der Waals surface area contributed by atoms with Crippen LogP contribution in [0.3, 0.4) is 0 Å². The van der Waals surface area contributed by atoms with E-state index in [0.29, 0.717) is 13.2 Å². The third-order valence-corrected chi connectivity index (χ3v) is 3.67. The fourth-order valence-corrected chi connectivity index (χ4v) is 2.54. The molecule has 0 radical (unpaired) electrons. The molecule has 0 spiro atoms. The summed E-state index contributed by atoms with van der Waals surface area (Å²) in [6.07, 6.45) is 9.17. The molecule has 4 nitrogen and oxygen atoms in total. The van der Waals surface area contributed by atoms with E-state index in [0.717, 1.165) is 19.3 Å². The van der Waals surface area contributed by atoms with Crippen LogP contribution in [-0.2, 0) is 9.53 Å². The number of rotatable bonds is 6. The second-order valence-electron chi connectivity index (χ2n) is 5.34. The van der Waals surface area contributed by atoms with Crippen LogP contribution in [0.1, 0.15) is 51.4 Å². The van der Waals surface area contributed by atoms with Crippen LogP contribution in [0.2, 0.25) is 0 Å². The van der Waals surface area contributed by atoms with Gasteiger partial charge in [-0.05, 0) is 19.3 Å². The van der Waals surface area contributed by atoms with E-state index in [1.165, 1.54) is 32.1 Å². The van der Waals surface area contributed by atoms with Crippen molar-refractivity contribution in [2.75, 3.05) is 20.3 Å². The molecule has 0 aliphatic heterocycles. The molecule has 1 unspecified atom stereocenters. The summed E-state index contributed by atoms with van der Waals surface area (Å²) in [7, 11) is 1.65. The Bertz CT molecular complexity index is 226. The maximum atomic E-state index is 12.0. The topological polar surface area (TPSA) is 64.3 Å². The summed E-state index contributed by atoms with van der Waals surface area (Å²) in [5, 5.41) is 3.02. The van der Waals surface area contributed by atoms with Crippen LogP contribution in [0.4, 0.5) is 0 Å². The zero-order valence-corrected chi connectivity index (χ0v) is 11.6. The van der Waals surface area contributed by atoms with Gasteiger partial charge >= 0.3 is 0 Å². The first kappa shape index (κ1) is 15.4. The van der Waals surface area contributed by atoms with E-state index >= 15 is 0 Å². The number of hydrogen-bond donors (Lipinski definition) is 2. The average molecular weight is 256 g/mol. The van der Waals surface area contributed by atoms with Gasteiger partial charge in [-0.3, -0.25) is 4.79 Å². The maximum absolute atomic E-state index is 12.0. The van der Waals surface area contributed by atoms with Gasteiger partial charge in [-0.2, -0.15) is 0 Å². The Morgan fingerprint density at radius 3 is 2.50 bits per heavy atom. The smallest absolute Gasteiger partial charge is 0.223 e. The first-order chi connectivity index (χ1) is 8.74. The van der Waals surface area contributed by atoms with E-state index in [-0.39, 0.29) is 17.9 Å². The van der Waals surface area contributed by atoms with E-state index < -0.39 is 0 Å². The predicted molar refractivity (Wildman–Crippen MR) is 73.3 cm³/mol. The lowest BCUT2D eigenvalue weighted by Gasteiger charge is -2.19. The molecule has 1 aliphatic carbocycles. The molecule has 0 aromatic rings. The van der Waals surface area contributed by atoms with Crippen LogP contribution in [0.25, 0.3) is 0 Å². The zero-order chi connectivity index (χ0) is 13.2. The lowest BCUT2D eigenvalue weighted by atomic mass is 9.90. The minimum absolute atomic E-state index is 0.0210. The third-order valence-electron chi connectivity index (χ3n) is 3.67. The average Bonchev–Trinajstić information content (AvgIpc) is 2.28. The molecule has 3 N–H and O–H groups in total. The number of ether oxygens (including phenoxy) is 1. The fourth-order valence-electron chi connectivity index (χ4n) is 2.54. The molecule has 4 heteroatoms. The van der Waals surface area contributed by atoms with Crippen molar-refractivity contribution in [1.82, 2.24) is 5.32 Å². The SMILES string of the molecule is COCC(N)CCNC(=O)C1CCCCCCC1. The Hall–Kier alpha value is -0.610. The van der Waals surface area contributed by atoms with Crippen molar-refractivity contribution in [3.05, 3.63) is 0 Å². The van der Waals surface area contributed by atoms with Crippen LogP contribution in [0.15, 0.2) is 0 Å². The van der Waals surface area contributed by atoms with Crippen LogP contribution in [0.5, 0.6) is 0 Å². The van der Waals surface area contributed by atoms with Crippen LogP contribution >= 0.6 is 0 Å². The summed E-state index contributed by atoms with van der Waals surface area (Å²) in [6.45, 7) is 1.22. The molecule has 0 saturated heterocycles. The minimum Gasteiger partial charge on any atom is -0.383 e. The highest BCUT2D eigenvalue weighted by atomic mass is 16.5. The molecule has 1 fully saturated rings. The van der Waals surface area contributed by atoms with Gasteiger partial charge in [0.2, 0.25) is 5.91 Å². The molecule has 1 amide bonds. The number of nitrogens with one attached hydrogen (secondary N) is 1. The normalized spacial score (nSPS) is 19.9. The molecule has 1 rings (SSSR count). The van der Waals surface area contributed by atoms with E-state index in [2.05, 4.69) is 5.32 Å². The molecule has 0 heterocycles. The fraction of sp³-hybridized carbons (Fsp3) is 0.929. The van der Waals surface area contributed by atoms with Gasteiger partial charge in [0, 0.05) is 25.6 Å². The monoisotopic (exact) mass is 256 g/mol. The first-order valence-electron chi connectivity index (χ1n) is 7.26. The van der Waals surface area contributed by atoms with Gasteiger partial charge < -0.3 is 15.8 Å². The number of amides is 1. The van der Waals surface area contributed by atoms with Crippen LogP contribution in [-0.4, -0.2) is 32.2 Å². The highest BCUT2D eigenvalue weighted by molar-refractivity contribution is 5.78. The zero-order valence-electron chi connectivity index (χ0n) is 11.6. The Morgan fingerprint density at radius 2 is 1.89 bits per heavy atom. The van der Waals surface area contributed by atoms with Gasteiger partial charge in [-0.25, -0.2) is 0 Å². The molecule has 1 aliphatic rings. The van der Waals surface area contributed by atoms with E-state index in [4.69, 9.17) is 10.5 Å². The lowest BCUT2D eigenvalue weighted by Crippen LogP contribution is -2.36. The van der Waals surface area contributed by atoms with Crippen molar-refractivity contribution < 1.29 is 9.53 Å². The first-order valence-corrected chi connectivity index (χ1v) is 7.26. The Balaban J connectivity index is 2.17. The number of carbonyl (C=O) groups excluding carboxylic acids is 1. The van der Waals surface area contributed by atoms with Crippen molar-refractivity contribution in [1.29, 1.82) is 0 Å². The van der Waals surface area contributed by atoms with Crippen LogP contribution < -0.4 is 11.1 Å². The van der Waals surface area contributed by atoms with Gasteiger partial charge in [0.1, 0.15) is 0 Å². The molecule has 0 aromatic carbocycles. The van der Waals surface area contributed by atoms with E-state index in [9.17, 15) is 4.79 Å². The number of nitrogens with two attached hydrogens (primary N) is 1. The summed E-state index contributed by atoms with van der Waals surface area (Å²) < 4.78 is 4.97. The van der Waals surface area contributed by atoms with Crippen molar-refractivity contribution in [2.24, 2.45) is 11.7 Å². The second-order valence-corrected chi connectivity index (χ2v) is 5.34. The Labute approximate surface area is 111 Å². The summed E-state index contributed by atoms with van der Waals surface area (Å²) >= 11 is 0. The second kappa shape index (κ2) is 9.34. The van der Waals surface area contributed by atoms with Crippen LogP contribution in [0, 0.1) is 5.92 Å². The molecule has 1 saturated carbocycles. The largest absolute Gasteiger partial charge is 0.383 e. The summed E-state index contributed by atoms with van der Waals surface area (Å²) in [5.74, 6) is 0.450. The number of hydrogen-bond acceptors (Lipinski definition) is 3. The molecule has 106 valence electrons. The summed E-state index contributed by atoms with van der Waals surface area (Å²) in [4.78, 5) is 12.0. The van der Waals surface area contributed by atoms with Gasteiger partial charge in [0.25, 0.3) is 0 Å². The van der Waals surface area contributed by atoms with Crippen molar-refractivity contribution in [2.45, 2.75) is 57.4 Å². The van der Waals surface area contributed by atoms with Crippen molar-refractivity contribution in [3.8, 4) is 0 Å². The molecular formula is C14H28N2O2. The molecule has 1 atom stereocenters. The van der Waals surface area contributed by atoms with Gasteiger partial charge in [0.15, 0.2) is 0 Å². The van der Waals surface area contributed by atoms with Gasteiger partial charge in [0.05, 0.1) is 6.61 Å². The Kier molecular flexibility index (Phi) is 8.01. The maximum Gasteiger partial charge on any atom is 0.223 e. The quantitative estimate of drug-likeness (QED) is 0.762. The van der Waals surface area contributed by atoms with Crippen molar-refractivity contribution >= 4 is 5.91 Å². The summed E-state index contributed by atoms with van der Waals surface area (Å²) in [6, 6.07) is 0.0210. The highest BCUT2D eigenvalue weighted by Gasteiger charge is 2.18. The molecule has 0 bridgehead atoms. The molecule has 18 heavy (non-hydrogen) atoms. The van der Waals surface area contributed by atoms with Crippen molar-refractivity contribution in [3.63, 3.8) is 0 Å². The molecular weight excluding hydrogens is 228 g/mol. The van der Waals surface area contributed by atoms with Gasteiger partial charge in [-0.1, -0.05) is 32.1 Å². The number of carbonyl (C=O) groups is 1. The van der Waals surface area contributed by atoms with Gasteiger partial charge in [-0.15, -0.1) is 0 Å². The number of methoxy groups -OCH3 is 1. The standard InChI is InChI=1S/C14H28N2O2/c1-18-11-13(15)9-10-16-14(17)12-7-5-3-2-4-6-8-12/h12-13H,2-11,15H2,1H3,(H,16,17). The highest BCUT2D eigenvalue weighted by Crippen LogP contribution is 2.22. The van der Waals surface area contributed by atoms with E-state index in [1.807, 2.05) is 0 Å². The lowest BCUT2D eigenvalue weighted by molar-refractivity contribution is -0.125. The minimum atomic E-state index is 0.0210. The molecule has 0 aromatic heterocycles. The summed E-state index contributed by atoms with van der Waals surface area (Å²) in [5.41, 5.74) is 5.82.